The first-order chi connectivity index (χ1) is 15.8. The molecule has 0 amide bonds. The average Bonchev–Trinajstić information content (AvgIpc) is 3.26. The van der Waals surface area contributed by atoms with Crippen LogP contribution in [0.15, 0.2) is 79.1 Å². The Morgan fingerprint density at radius 2 is 1.66 bits per heavy atom. The molecule has 0 saturated heterocycles. The van der Waals surface area contributed by atoms with Crippen LogP contribution in [0.1, 0.15) is 6.42 Å². The van der Waals surface area contributed by atoms with Gasteiger partial charge >= 0.3 is 0 Å². The summed E-state index contributed by atoms with van der Waals surface area (Å²) in [7, 11) is 0. The Morgan fingerprint density at radius 1 is 0.875 bits per heavy atom. The third-order valence-electron chi connectivity index (χ3n) is 4.89. The molecular weight excluding hydrogens is 402 g/mol. The van der Waals surface area contributed by atoms with Crippen LogP contribution in [-0.4, -0.2) is 42.5 Å². The maximum atomic E-state index is 10.9. The lowest BCUT2D eigenvalue weighted by Crippen LogP contribution is -2.07. The number of anilines is 1. The molecule has 0 atom stereocenters. The molecule has 0 aliphatic carbocycles. The van der Waals surface area contributed by atoms with Crippen LogP contribution in [0.2, 0.25) is 0 Å². The normalized spacial score (nSPS) is 10.9. The number of hydrogen-bond acceptors (Lipinski definition) is 7. The molecule has 8 heteroatoms. The molecule has 0 aliphatic heterocycles. The van der Waals surface area contributed by atoms with E-state index in [2.05, 4.69) is 15.3 Å². The summed E-state index contributed by atoms with van der Waals surface area (Å²) < 4.78 is 1.72. The number of benzene rings is 1. The van der Waals surface area contributed by atoms with Gasteiger partial charge in [-0.3, -0.25) is 4.98 Å². The van der Waals surface area contributed by atoms with Gasteiger partial charge in [-0.05, 0) is 24.3 Å². The van der Waals surface area contributed by atoms with E-state index in [1.54, 1.807) is 17.1 Å². The van der Waals surface area contributed by atoms with Crippen molar-refractivity contribution in [3.05, 3.63) is 79.1 Å². The van der Waals surface area contributed by atoms with Crippen molar-refractivity contribution in [3.8, 4) is 28.6 Å². The van der Waals surface area contributed by atoms with E-state index in [-0.39, 0.29) is 0 Å². The Morgan fingerprint density at radius 3 is 2.38 bits per heavy atom. The molecule has 0 saturated carbocycles. The van der Waals surface area contributed by atoms with Gasteiger partial charge in [0.25, 0.3) is 0 Å². The van der Waals surface area contributed by atoms with Crippen molar-refractivity contribution in [2.45, 2.75) is 6.42 Å². The molecule has 0 aliphatic rings. The highest BCUT2D eigenvalue weighted by molar-refractivity contribution is 6.00. The summed E-state index contributed by atoms with van der Waals surface area (Å²) in [6, 6.07) is 21.1. The van der Waals surface area contributed by atoms with Crippen molar-refractivity contribution in [2.24, 2.45) is 0 Å². The Balaban J connectivity index is 1.81. The van der Waals surface area contributed by atoms with Crippen LogP contribution in [0.3, 0.4) is 0 Å². The van der Waals surface area contributed by atoms with Crippen LogP contribution < -0.4 is 5.32 Å². The number of aldehydes is 1. The minimum atomic E-state index is 0.361. The van der Waals surface area contributed by atoms with Crippen LogP contribution >= 0.6 is 0 Å². The third kappa shape index (κ3) is 3.69. The Bertz CT molecular complexity index is 1350. The molecule has 0 spiro atoms. The smallest absolute Gasteiger partial charge is 0.182 e. The van der Waals surface area contributed by atoms with Crippen molar-refractivity contribution in [3.63, 3.8) is 0 Å². The molecular formula is C24H19N7O. The van der Waals surface area contributed by atoms with Crippen molar-refractivity contribution in [2.75, 3.05) is 11.9 Å². The molecule has 0 unspecified atom stereocenters. The SMILES string of the molecule is O=CCCNc1nc(-c2ccccn2)nc2c1c(-c1ccccc1)nn2-c1ccccn1. The maximum absolute atomic E-state index is 10.9. The van der Waals surface area contributed by atoms with Gasteiger partial charge in [0.2, 0.25) is 0 Å². The molecule has 0 fully saturated rings. The number of aromatic nitrogens is 6. The molecule has 4 aromatic heterocycles. The van der Waals surface area contributed by atoms with Gasteiger partial charge in [0.1, 0.15) is 23.5 Å². The lowest BCUT2D eigenvalue weighted by atomic mass is 10.1. The molecule has 8 nitrogen and oxygen atoms in total. The number of carbonyl (C=O) groups excluding carboxylic acids is 1. The number of rotatable bonds is 7. The van der Waals surface area contributed by atoms with Gasteiger partial charge in [0, 0.05) is 30.9 Å². The fraction of sp³-hybridized carbons (Fsp3) is 0.0833. The van der Waals surface area contributed by atoms with Crippen molar-refractivity contribution in [1.82, 2.24) is 29.7 Å². The fourth-order valence-corrected chi connectivity index (χ4v) is 3.44. The molecule has 1 aromatic carbocycles. The zero-order valence-corrected chi connectivity index (χ0v) is 17.1. The maximum Gasteiger partial charge on any atom is 0.182 e. The lowest BCUT2D eigenvalue weighted by molar-refractivity contribution is -0.107. The molecule has 0 radical (unpaired) electrons. The summed E-state index contributed by atoms with van der Waals surface area (Å²) >= 11 is 0. The predicted octanol–water partition coefficient (Wildman–Crippen LogP) is 3.94. The molecule has 4 heterocycles. The largest absolute Gasteiger partial charge is 0.369 e. The number of nitrogens with one attached hydrogen (secondary N) is 1. The van der Waals surface area contributed by atoms with Gasteiger partial charge in [-0.1, -0.05) is 42.5 Å². The van der Waals surface area contributed by atoms with E-state index in [0.29, 0.717) is 41.8 Å². The highest BCUT2D eigenvalue weighted by Crippen LogP contribution is 2.34. The van der Waals surface area contributed by atoms with E-state index in [9.17, 15) is 4.79 Å². The second-order valence-corrected chi connectivity index (χ2v) is 7.01. The van der Waals surface area contributed by atoms with Crippen LogP contribution in [-0.2, 0) is 4.79 Å². The van der Waals surface area contributed by atoms with Crippen LogP contribution in [0.25, 0.3) is 39.6 Å². The van der Waals surface area contributed by atoms with E-state index < -0.39 is 0 Å². The standard InChI is InChI=1S/C24H19N7O/c32-16-8-15-27-23-20-21(17-9-2-1-3-10-17)30-31(19-12-5-7-14-26-19)24(20)29-22(28-23)18-11-4-6-13-25-18/h1-7,9-14,16H,8,15H2,(H,27,28,29). The number of hydrogen-bond donors (Lipinski definition) is 1. The average molecular weight is 421 g/mol. The summed E-state index contributed by atoms with van der Waals surface area (Å²) in [5.41, 5.74) is 2.90. The zero-order valence-electron chi connectivity index (χ0n) is 17.1. The highest BCUT2D eigenvalue weighted by atomic mass is 16.1. The van der Waals surface area contributed by atoms with E-state index in [1.165, 1.54) is 0 Å². The summed E-state index contributed by atoms with van der Waals surface area (Å²) in [5, 5.41) is 8.92. The number of pyridine rings is 2. The van der Waals surface area contributed by atoms with E-state index >= 15 is 0 Å². The third-order valence-corrected chi connectivity index (χ3v) is 4.89. The molecule has 1 N–H and O–H groups in total. The predicted molar refractivity (Wildman–Crippen MR) is 122 cm³/mol. The first kappa shape index (κ1) is 19.5. The van der Waals surface area contributed by atoms with Gasteiger partial charge in [0.05, 0.1) is 5.39 Å². The van der Waals surface area contributed by atoms with Gasteiger partial charge in [-0.2, -0.15) is 9.78 Å². The van der Waals surface area contributed by atoms with Crippen molar-refractivity contribution >= 4 is 23.1 Å². The minimum absolute atomic E-state index is 0.361. The monoisotopic (exact) mass is 421 g/mol. The Labute approximate surface area is 184 Å². The number of carbonyl (C=O) groups is 1. The fourth-order valence-electron chi connectivity index (χ4n) is 3.44. The molecule has 32 heavy (non-hydrogen) atoms. The van der Waals surface area contributed by atoms with Gasteiger partial charge in [-0.25, -0.2) is 15.0 Å². The van der Waals surface area contributed by atoms with Gasteiger partial charge in [0.15, 0.2) is 17.3 Å². The van der Waals surface area contributed by atoms with Crippen molar-refractivity contribution in [1.29, 1.82) is 0 Å². The first-order valence-electron chi connectivity index (χ1n) is 10.2. The van der Waals surface area contributed by atoms with Crippen LogP contribution in [0, 0.1) is 0 Å². The highest BCUT2D eigenvalue weighted by Gasteiger charge is 2.22. The second kappa shape index (κ2) is 8.73. The van der Waals surface area contributed by atoms with Gasteiger partial charge < -0.3 is 10.1 Å². The van der Waals surface area contributed by atoms with E-state index in [0.717, 1.165) is 22.9 Å². The van der Waals surface area contributed by atoms with Crippen LogP contribution in [0.4, 0.5) is 5.82 Å². The first-order valence-corrected chi connectivity index (χ1v) is 10.2. The van der Waals surface area contributed by atoms with E-state index in [4.69, 9.17) is 15.1 Å². The summed E-state index contributed by atoms with van der Waals surface area (Å²) in [5.74, 6) is 1.70. The quantitative estimate of drug-likeness (QED) is 0.314. The summed E-state index contributed by atoms with van der Waals surface area (Å²) in [6.07, 6.45) is 4.66. The molecule has 156 valence electrons. The van der Waals surface area contributed by atoms with E-state index in [1.807, 2.05) is 66.7 Å². The Kier molecular flexibility index (Phi) is 5.32. The molecule has 5 aromatic rings. The number of nitrogens with zero attached hydrogens (tertiary/aromatic N) is 6. The zero-order chi connectivity index (χ0) is 21.8. The van der Waals surface area contributed by atoms with Crippen LogP contribution in [0.5, 0.6) is 0 Å². The summed E-state index contributed by atoms with van der Waals surface area (Å²) in [4.78, 5) is 29.4. The van der Waals surface area contributed by atoms with Gasteiger partial charge in [-0.15, -0.1) is 0 Å². The summed E-state index contributed by atoms with van der Waals surface area (Å²) in [6.45, 7) is 0.445. The minimum Gasteiger partial charge on any atom is -0.369 e. The van der Waals surface area contributed by atoms with Crippen molar-refractivity contribution < 1.29 is 4.79 Å². The topological polar surface area (TPSA) is 98.5 Å². The molecule has 5 rings (SSSR count). The second-order valence-electron chi connectivity index (χ2n) is 7.01. The number of fused-ring (bicyclic) bond motifs is 1. The Hall–Kier alpha value is -4.46. The molecule has 0 bridgehead atoms. The lowest BCUT2D eigenvalue weighted by Gasteiger charge is -2.09.